The van der Waals surface area contributed by atoms with Gasteiger partial charge in [0.15, 0.2) is 16.6 Å². The fourth-order valence-corrected chi connectivity index (χ4v) is 4.24. The number of aromatic amines is 1. The van der Waals surface area contributed by atoms with Gasteiger partial charge in [0.05, 0.1) is 6.54 Å². The van der Waals surface area contributed by atoms with Crippen molar-refractivity contribution in [2.45, 2.75) is 33.4 Å². The van der Waals surface area contributed by atoms with Crippen molar-refractivity contribution >= 4 is 28.2 Å². The third kappa shape index (κ3) is 5.69. The van der Waals surface area contributed by atoms with Crippen LogP contribution in [0.2, 0.25) is 0 Å². The summed E-state index contributed by atoms with van der Waals surface area (Å²) in [5.41, 5.74) is 4.81. The summed E-state index contributed by atoms with van der Waals surface area (Å²) < 4.78 is 11.0. The topological polar surface area (TPSA) is 69.8 Å². The van der Waals surface area contributed by atoms with E-state index < -0.39 is 0 Å². The van der Waals surface area contributed by atoms with E-state index in [4.69, 9.17) is 21.7 Å². The first-order chi connectivity index (χ1) is 16.3. The standard InChI is InChI=1S/C26H32N4O3S/c1-17-10-20-13-21(25(31)28-22(20)11-18(17)2)15-30(26(34)27-8-5-9-29(3)4)14-19-6-7-23-24(12-19)33-16-32-23/h6-7,10-13H,5,8-9,14-16H2,1-4H3,(H,27,34)(H,28,31). The largest absolute Gasteiger partial charge is 0.454 e. The number of aromatic nitrogens is 1. The molecule has 0 unspecified atom stereocenters. The fourth-order valence-electron chi connectivity index (χ4n) is 4.01. The van der Waals surface area contributed by atoms with E-state index in [0.29, 0.717) is 23.8 Å². The van der Waals surface area contributed by atoms with Crippen LogP contribution in [0.3, 0.4) is 0 Å². The highest BCUT2D eigenvalue weighted by molar-refractivity contribution is 7.80. The van der Waals surface area contributed by atoms with Gasteiger partial charge < -0.3 is 29.6 Å². The molecule has 1 aliphatic heterocycles. The van der Waals surface area contributed by atoms with Crippen LogP contribution in [0, 0.1) is 13.8 Å². The molecule has 2 aromatic carbocycles. The Balaban J connectivity index is 1.58. The maximum atomic E-state index is 12.9. The Morgan fingerprint density at radius 2 is 1.82 bits per heavy atom. The monoisotopic (exact) mass is 480 g/mol. The third-order valence-corrected chi connectivity index (χ3v) is 6.46. The number of rotatable bonds is 8. The lowest BCUT2D eigenvalue weighted by Crippen LogP contribution is -2.40. The van der Waals surface area contributed by atoms with E-state index in [1.54, 1.807) is 0 Å². The molecule has 8 heteroatoms. The summed E-state index contributed by atoms with van der Waals surface area (Å²) in [6, 6.07) is 12.0. The highest BCUT2D eigenvalue weighted by Gasteiger charge is 2.18. The highest BCUT2D eigenvalue weighted by atomic mass is 32.1. The number of pyridine rings is 1. The van der Waals surface area contributed by atoms with E-state index in [1.165, 1.54) is 5.56 Å². The van der Waals surface area contributed by atoms with Gasteiger partial charge >= 0.3 is 0 Å². The second-order valence-electron chi connectivity index (χ2n) is 9.08. The Kier molecular flexibility index (Phi) is 7.38. The number of hydrogen-bond acceptors (Lipinski definition) is 5. The summed E-state index contributed by atoms with van der Waals surface area (Å²) >= 11 is 5.76. The molecule has 4 rings (SSSR count). The predicted molar refractivity (Wildman–Crippen MR) is 140 cm³/mol. The van der Waals surface area contributed by atoms with Crippen LogP contribution < -0.4 is 20.3 Å². The number of nitrogens with one attached hydrogen (secondary N) is 2. The molecule has 0 bridgehead atoms. The first-order valence-corrected chi connectivity index (χ1v) is 11.9. The summed E-state index contributed by atoms with van der Waals surface area (Å²) in [6.45, 7) is 7.04. The lowest BCUT2D eigenvalue weighted by molar-refractivity contribution is 0.174. The van der Waals surface area contributed by atoms with Crippen molar-refractivity contribution in [3.63, 3.8) is 0 Å². The Morgan fingerprint density at radius 3 is 2.62 bits per heavy atom. The van der Waals surface area contributed by atoms with Gasteiger partial charge in [0.25, 0.3) is 5.56 Å². The molecule has 2 N–H and O–H groups in total. The number of aryl methyl sites for hydroxylation is 2. The van der Waals surface area contributed by atoms with Crippen LogP contribution >= 0.6 is 12.2 Å². The average molecular weight is 481 g/mol. The SMILES string of the molecule is Cc1cc2cc(CN(Cc3ccc4c(c3)OCO4)C(=S)NCCCN(C)C)c(=O)[nH]c2cc1C. The van der Waals surface area contributed by atoms with Crippen LogP contribution in [0.5, 0.6) is 11.5 Å². The van der Waals surface area contributed by atoms with Gasteiger partial charge in [-0.2, -0.15) is 0 Å². The van der Waals surface area contributed by atoms with Crippen LogP contribution in [0.25, 0.3) is 10.9 Å². The molecular weight excluding hydrogens is 448 g/mol. The van der Waals surface area contributed by atoms with Gasteiger partial charge in [0, 0.05) is 24.2 Å². The van der Waals surface area contributed by atoms with Crippen molar-refractivity contribution in [1.29, 1.82) is 0 Å². The van der Waals surface area contributed by atoms with Gasteiger partial charge in [-0.3, -0.25) is 4.79 Å². The fraction of sp³-hybridized carbons (Fsp3) is 0.385. The van der Waals surface area contributed by atoms with Gasteiger partial charge in [-0.15, -0.1) is 0 Å². The molecule has 0 atom stereocenters. The van der Waals surface area contributed by atoms with Gasteiger partial charge in [-0.1, -0.05) is 6.07 Å². The molecule has 2 heterocycles. The van der Waals surface area contributed by atoms with Crippen LogP contribution in [-0.2, 0) is 13.1 Å². The highest BCUT2D eigenvalue weighted by Crippen LogP contribution is 2.33. The lowest BCUT2D eigenvalue weighted by Gasteiger charge is -2.26. The molecule has 180 valence electrons. The molecule has 0 saturated carbocycles. The Labute approximate surface area is 205 Å². The van der Waals surface area contributed by atoms with Crippen molar-refractivity contribution in [3.05, 3.63) is 69.0 Å². The van der Waals surface area contributed by atoms with Crippen LogP contribution in [-0.4, -0.2) is 53.9 Å². The van der Waals surface area contributed by atoms with E-state index in [2.05, 4.69) is 49.2 Å². The van der Waals surface area contributed by atoms with E-state index in [1.807, 2.05) is 35.2 Å². The number of benzene rings is 2. The van der Waals surface area contributed by atoms with Gasteiger partial charge in [-0.05, 0) is 106 Å². The van der Waals surface area contributed by atoms with Gasteiger partial charge in [-0.25, -0.2) is 0 Å². The minimum absolute atomic E-state index is 0.0955. The summed E-state index contributed by atoms with van der Waals surface area (Å²) in [7, 11) is 4.11. The molecule has 7 nitrogen and oxygen atoms in total. The zero-order chi connectivity index (χ0) is 24.2. The van der Waals surface area contributed by atoms with E-state index in [0.717, 1.165) is 53.0 Å². The quantitative estimate of drug-likeness (QED) is 0.376. The second kappa shape index (κ2) is 10.4. The normalized spacial score (nSPS) is 12.4. The molecular formula is C26H32N4O3S. The molecule has 0 saturated heterocycles. The van der Waals surface area contributed by atoms with Crippen LogP contribution in [0.4, 0.5) is 0 Å². The van der Waals surface area contributed by atoms with Crippen LogP contribution in [0.1, 0.15) is 28.7 Å². The summed E-state index contributed by atoms with van der Waals surface area (Å²) in [4.78, 5) is 20.2. The molecule has 0 radical (unpaired) electrons. The molecule has 0 amide bonds. The predicted octanol–water partition coefficient (Wildman–Crippen LogP) is 3.70. The number of H-pyrrole nitrogens is 1. The average Bonchev–Trinajstić information content (AvgIpc) is 3.26. The van der Waals surface area contributed by atoms with Crippen molar-refractivity contribution in [2.75, 3.05) is 34.0 Å². The molecule has 34 heavy (non-hydrogen) atoms. The lowest BCUT2D eigenvalue weighted by atomic mass is 10.0. The molecule has 0 fully saturated rings. The first kappa shape index (κ1) is 24.0. The Hall–Kier alpha value is -3.10. The molecule has 1 aromatic heterocycles. The molecule has 3 aromatic rings. The summed E-state index contributed by atoms with van der Waals surface area (Å²) in [5.74, 6) is 1.48. The maximum absolute atomic E-state index is 12.9. The molecule has 0 spiro atoms. The second-order valence-corrected chi connectivity index (χ2v) is 9.47. The Bertz CT molecular complexity index is 1250. The van der Waals surface area contributed by atoms with Gasteiger partial charge in [0.1, 0.15) is 0 Å². The van der Waals surface area contributed by atoms with Crippen molar-refractivity contribution in [2.24, 2.45) is 0 Å². The van der Waals surface area contributed by atoms with E-state index >= 15 is 0 Å². The number of thiocarbonyl (C=S) groups is 1. The number of ether oxygens (including phenoxy) is 2. The number of nitrogens with zero attached hydrogens (tertiary/aromatic N) is 2. The third-order valence-electron chi connectivity index (χ3n) is 6.05. The van der Waals surface area contributed by atoms with Crippen LogP contribution in [0.15, 0.2) is 41.2 Å². The van der Waals surface area contributed by atoms with Crippen molar-refractivity contribution < 1.29 is 9.47 Å². The first-order valence-electron chi connectivity index (χ1n) is 11.5. The maximum Gasteiger partial charge on any atom is 0.253 e. The molecule has 1 aliphatic rings. The van der Waals surface area contributed by atoms with Crippen molar-refractivity contribution in [3.8, 4) is 11.5 Å². The Morgan fingerprint density at radius 1 is 1.06 bits per heavy atom. The zero-order valence-electron chi connectivity index (χ0n) is 20.2. The summed E-state index contributed by atoms with van der Waals surface area (Å²) in [6.07, 6.45) is 0.972. The minimum atomic E-state index is -0.0955. The number of fused-ring (bicyclic) bond motifs is 2. The van der Waals surface area contributed by atoms with E-state index in [-0.39, 0.29) is 12.4 Å². The van der Waals surface area contributed by atoms with E-state index in [9.17, 15) is 4.79 Å². The zero-order valence-corrected chi connectivity index (χ0v) is 21.1. The van der Waals surface area contributed by atoms with Gasteiger partial charge in [0.2, 0.25) is 6.79 Å². The number of hydrogen-bond donors (Lipinski definition) is 2. The minimum Gasteiger partial charge on any atom is -0.454 e. The smallest absolute Gasteiger partial charge is 0.253 e. The molecule has 0 aliphatic carbocycles. The van der Waals surface area contributed by atoms with Crippen molar-refractivity contribution in [1.82, 2.24) is 20.1 Å². The summed E-state index contributed by atoms with van der Waals surface area (Å²) in [5, 5.41) is 5.01.